The number of hydrogen-bond donors (Lipinski definition) is 1. The molecule has 0 radical (unpaired) electrons. The summed E-state index contributed by atoms with van der Waals surface area (Å²) in [6.07, 6.45) is 2.36. The van der Waals surface area contributed by atoms with E-state index in [0.29, 0.717) is 17.2 Å². The number of nitrogens with zero attached hydrogens (tertiary/aromatic N) is 2. The normalized spacial score (nSPS) is 29.6. The Labute approximate surface area is 145 Å². The van der Waals surface area contributed by atoms with Gasteiger partial charge in [0.25, 0.3) is 0 Å². The number of piperidine rings is 1. The summed E-state index contributed by atoms with van der Waals surface area (Å²) in [4.78, 5) is 17.6. The van der Waals surface area contributed by atoms with Gasteiger partial charge in [0.2, 0.25) is 5.91 Å². The first-order chi connectivity index (χ1) is 11.7. The van der Waals surface area contributed by atoms with Gasteiger partial charge in [-0.3, -0.25) is 9.69 Å². The molecule has 130 valence electrons. The molecule has 4 heteroatoms. The van der Waals surface area contributed by atoms with Crippen LogP contribution in [-0.2, 0) is 11.3 Å². The van der Waals surface area contributed by atoms with Crippen LogP contribution in [0.3, 0.4) is 0 Å². The lowest BCUT2D eigenvalue weighted by Crippen LogP contribution is -2.59. The number of amides is 1. The van der Waals surface area contributed by atoms with Crippen molar-refractivity contribution in [1.29, 1.82) is 0 Å². The van der Waals surface area contributed by atoms with Crippen LogP contribution >= 0.6 is 0 Å². The molecule has 2 atom stereocenters. The van der Waals surface area contributed by atoms with Crippen molar-refractivity contribution < 1.29 is 4.79 Å². The summed E-state index contributed by atoms with van der Waals surface area (Å²) in [6, 6.07) is 10.6. The molecular weight excluding hydrogens is 298 g/mol. The van der Waals surface area contributed by atoms with Gasteiger partial charge in [-0.15, -0.1) is 0 Å². The Balaban J connectivity index is 1.33. The predicted octanol–water partition coefficient (Wildman–Crippen LogP) is 1.97. The second-order valence-electron chi connectivity index (χ2n) is 8.19. The topological polar surface area (TPSA) is 35.6 Å². The van der Waals surface area contributed by atoms with Gasteiger partial charge in [-0.25, -0.2) is 0 Å². The number of hydrogen-bond acceptors (Lipinski definition) is 3. The molecule has 0 saturated carbocycles. The molecule has 3 heterocycles. The summed E-state index contributed by atoms with van der Waals surface area (Å²) < 4.78 is 0. The van der Waals surface area contributed by atoms with Gasteiger partial charge in [-0.2, -0.15) is 0 Å². The van der Waals surface area contributed by atoms with Gasteiger partial charge < -0.3 is 10.2 Å². The summed E-state index contributed by atoms with van der Waals surface area (Å²) >= 11 is 0. The average molecular weight is 327 g/mol. The number of carbonyl (C=O) groups is 1. The van der Waals surface area contributed by atoms with Crippen LogP contribution in [0, 0.1) is 17.3 Å². The molecule has 3 saturated heterocycles. The van der Waals surface area contributed by atoms with Crippen LogP contribution in [0.25, 0.3) is 0 Å². The van der Waals surface area contributed by atoms with Crippen molar-refractivity contribution in [2.75, 3.05) is 39.3 Å². The summed E-state index contributed by atoms with van der Waals surface area (Å²) in [5.74, 6) is 1.05. The minimum Gasteiger partial charge on any atom is -0.342 e. The van der Waals surface area contributed by atoms with Crippen molar-refractivity contribution in [2.45, 2.75) is 26.3 Å². The second-order valence-corrected chi connectivity index (χ2v) is 8.19. The molecule has 24 heavy (non-hydrogen) atoms. The molecule has 1 amide bonds. The molecule has 0 aromatic heterocycles. The first kappa shape index (κ1) is 16.1. The van der Waals surface area contributed by atoms with Crippen LogP contribution in [0.15, 0.2) is 30.3 Å². The Bertz CT molecular complexity index is 574. The van der Waals surface area contributed by atoms with E-state index in [9.17, 15) is 4.79 Å². The molecule has 3 fully saturated rings. The molecule has 1 N–H and O–H groups in total. The zero-order valence-corrected chi connectivity index (χ0v) is 14.7. The standard InChI is InChI=1S/C20H29N3O/c1-16-11-22(12-17-5-3-2-4-6-17)13-18(16)19(24)23-9-7-20(8-10-23)14-21-15-20/h2-6,16,18,21H,7-15H2,1H3. The third kappa shape index (κ3) is 3.09. The number of rotatable bonds is 3. The van der Waals surface area contributed by atoms with E-state index in [0.717, 1.165) is 45.8 Å². The van der Waals surface area contributed by atoms with E-state index in [4.69, 9.17) is 0 Å². The maximum absolute atomic E-state index is 13.0. The number of benzene rings is 1. The van der Waals surface area contributed by atoms with Crippen molar-refractivity contribution in [3.8, 4) is 0 Å². The lowest BCUT2D eigenvalue weighted by molar-refractivity contribution is -0.139. The highest BCUT2D eigenvalue weighted by molar-refractivity contribution is 5.80. The minimum atomic E-state index is 0.183. The summed E-state index contributed by atoms with van der Waals surface area (Å²) in [6.45, 7) is 9.38. The van der Waals surface area contributed by atoms with Crippen LogP contribution in [0.1, 0.15) is 25.3 Å². The van der Waals surface area contributed by atoms with E-state index in [2.05, 4.69) is 52.4 Å². The summed E-state index contributed by atoms with van der Waals surface area (Å²) in [5.41, 5.74) is 1.85. The molecule has 0 aliphatic carbocycles. The Morgan fingerprint density at radius 3 is 2.50 bits per heavy atom. The van der Waals surface area contributed by atoms with Crippen LogP contribution < -0.4 is 5.32 Å². The maximum atomic E-state index is 13.0. The Kier molecular flexibility index (Phi) is 4.35. The van der Waals surface area contributed by atoms with E-state index in [1.807, 2.05) is 0 Å². The molecule has 4 rings (SSSR count). The zero-order valence-electron chi connectivity index (χ0n) is 14.7. The van der Waals surface area contributed by atoms with E-state index in [1.54, 1.807) is 0 Å². The van der Waals surface area contributed by atoms with Crippen molar-refractivity contribution in [3.05, 3.63) is 35.9 Å². The SMILES string of the molecule is CC1CN(Cc2ccccc2)CC1C(=O)N1CCC2(CC1)CNC2. The van der Waals surface area contributed by atoms with Crippen molar-refractivity contribution in [2.24, 2.45) is 17.3 Å². The Hall–Kier alpha value is -1.39. The monoisotopic (exact) mass is 327 g/mol. The molecule has 1 spiro atoms. The molecule has 2 unspecified atom stereocenters. The van der Waals surface area contributed by atoms with Gasteiger partial charge >= 0.3 is 0 Å². The molecule has 4 nitrogen and oxygen atoms in total. The van der Waals surface area contributed by atoms with Gasteiger partial charge in [0.15, 0.2) is 0 Å². The number of likely N-dealkylation sites (tertiary alicyclic amines) is 2. The number of nitrogens with one attached hydrogen (secondary N) is 1. The van der Waals surface area contributed by atoms with Crippen LogP contribution in [-0.4, -0.2) is 55.0 Å². The second kappa shape index (κ2) is 6.49. The molecule has 3 aliphatic rings. The average Bonchev–Trinajstić information content (AvgIpc) is 2.94. The largest absolute Gasteiger partial charge is 0.342 e. The van der Waals surface area contributed by atoms with Gasteiger partial charge in [0.05, 0.1) is 5.92 Å². The predicted molar refractivity (Wildman–Crippen MR) is 95.5 cm³/mol. The first-order valence-corrected chi connectivity index (χ1v) is 9.41. The van der Waals surface area contributed by atoms with Crippen LogP contribution in [0.2, 0.25) is 0 Å². The lowest BCUT2D eigenvalue weighted by atomic mass is 9.73. The van der Waals surface area contributed by atoms with Gasteiger partial charge in [-0.1, -0.05) is 37.3 Å². The fourth-order valence-corrected chi connectivity index (χ4v) is 4.63. The van der Waals surface area contributed by atoms with Gasteiger partial charge in [-0.05, 0) is 29.7 Å². The first-order valence-electron chi connectivity index (χ1n) is 9.41. The molecule has 1 aromatic rings. The van der Waals surface area contributed by atoms with Crippen LogP contribution in [0.5, 0.6) is 0 Å². The molecule has 1 aromatic carbocycles. The highest BCUT2D eigenvalue weighted by atomic mass is 16.2. The van der Waals surface area contributed by atoms with E-state index < -0.39 is 0 Å². The third-order valence-electron chi connectivity index (χ3n) is 6.39. The molecule has 0 bridgehead atoms. The fraction of sp³-hybridized carbons (Fsp3) is 0.650. The molecule has 3 aliphatic heterocycles. The number of carbonyl (C=O) groups excluding carboxylic acids is 1. The quantitative estimate of drug-likeness (QED) is 0.922. The van der Waals surface area contributed by atoms with Crippen molar-refractivity contribution in [3.63, 3.8) is 0 Å². The van der Waals surface area contributed by atoms with Gasteiger partial charge in [0.1, 0.15) is 0 Å². The van der Waals surface area contributed by atoms with E-state index >= 15 is 0 Å². The summed E-state index contributed by atoms with van der Waals surface area (Å²) in [5, 5.41) is 3.40. The van der Waals surface area contributed by atoms with Gasteiger partial charge in [0, 0.05) is 45.8 Å². The highest BCUT2D eigenvalue weighted by Gasteiger charge is 2.43. The Morgan fingerprint density at radius 1 is 1.17 bits per heavy atom. The highest BCUT2D eigenvalue weighted by Crippen LogP contribution is 2.36. The lowest BCUT2D eigenvalue weighted by Gasteiger charge is -2.48. The fourth-order valence-electron chi connectivity index (χ4n) is 4.63. The minimum absolute atomic E-state index is 0.183. The molecular formula is C20H29N3O. The Morgan fingerprint density at radius 2 is 1.88 bits per heavy atom. The van der Waals surface area contributed by atoms with Crippen LogP contribution in [0.4, 0.5) is 0 Å². The third-order valence-corrected chi connectivity index (χ3v) is 6.39. The van der Waals surface area contributed by atoms with E-state index in [1.165, 1.54) is 18.4 Å². The van der Waals surface area contributed by atoms with Crippen molar-refractivity contribution >= 4 is 5.91 Å². The van der Waals surface area contributed by atoms with E-state index in [-0.39, 0.29) is 5.92 Å². The maximum Gasteiger partial charge on any atom is 0.227 e. The summed E-state index contributed by atoms with van der Waals surface area (Å²) in [7, 11) is 0. The smallest absolute Gasteiger partial charge is 0.227 e. The zero-order chi connectivity index (χ0) is 16.6. The van der Waals surface area contributed by atoms with Crippen molar-refractivity contribution in [1.82, 2.24) is 15.1 Å².